The van der Waals surface area contributed by atoms with Crippen molar-refractivity contribution >= 4 is 22.8 Å². The van der Waals surface area contributed by atoms with Crippen LogP contribution in [-0.2, 0) is 14.3 Å². The van der Waals surface area contributed by atoms with Gasteiger partial charge in [-0.25, -0.2) is 4.79 Å². The van der Waals surface area contributed by atoms with Gasteiger partial charge in [-0.15, -0.1) is 0 Å². The molecule has 0 fully saturated rings. The molecule has 0 rings (SSSR count). The minimum absolute atomic E-state index is 0.197. The van der Waals surface area contributed by atoms with Gasteiger partial charge in [-0.05, 0) is 18.5 Å². The lowest BCUT2D eigenvalue weighted by atomic mass is 10.3. The summed E-state index contributed by atoms with van der Waals surface area (Å²) in [5, 5.41) is -0.678. The molecule has 0 bridgehead atoms. The minimum atomic E-state index is -0.678. The van der Waals surface area contributed by atoms with Crippen LogP contribution in [0.15, 0.2) is 11.6 Å². The van der Waals surface area contributed by atoms with E-state index in [1.807, 2.05) is 0 Å². The van der Waals surface area contributed by atoms with Crippen LogP contribution in [0.3, 0.4) is 0 Å². The molecule has 0 saturated heterocycles. The molecule has 0 unspecified atom stereocenters. The molecular weight excluding hydrogens is 156 g/mol. The predicted molar refractivity (Wildman–Crippen MR) is 36.6 cm³/mol. The lowest BCUT2D eigenvalue weighted by molar-refractivity contribution is -0.136. The van der Waals surface area contributed by atoms with Crippen LogP contribution in [0.4, 0.5) is 0 Å². The Balaban J connectivity index is 4.19. The van der Waals surface area contributed by atoms with E-state index in [0.29, 0.717) is 0 Å². The summed E-state index contributed by atoms with van der Waals surface area (Å²) in [7, 11) is 1.23. The Bertz CT molecular complexity index is 183. The number of methoxy groups -OCH3 is 1. The maximum absolute atomic E-state index is 10.5. The lowest BCUT2D eigenvalue weighted by Crippen LogP contribution is -2.02. The Kier molecular flexibility index (Phi) is 3.72. The third kappa shape index (κ3) is 3.25. The van der Waals surface area contributed by atoms with E-state index in [1.165, 1.54) is 14.0 Å². The van der Waals surface area contributed by atoms with Crippen molar-refractivity contribution in [1.29, 1.82) is 0 Å². The summed E-state index contributed by atoms with van der Waals surface area (Å²) in [5.41, 5.74) is 0.197. The van der Waals surface area contributed by atoms with Crippen LogP contribution in [0.25, 0.3) is 0 Å². The van der Waals surface area contributed by atoms with Gasteiger partial charge in [0.25, 0.3) is 0 Å². The molecule has 0 aromatic rings. The van der Waals surface area contributed by atoms with E-state index in [9.17, 15) is 9.59 Å². The fourth-order valence-electron chi connectivity index (χ4n) is 0.390. The van der Waals surface area contributed by atoms with Crippen molar-refractivity contribution < 1.29 is 14.3 Å². The second-order valence-electron chi connectivity index (χ2n) is 1.62. The van der Waals surface area contributed by atoms with Gasteiger partial charge in [-0.3, -0.25) is 4.79 Å². The Morgan fingerprint density at radius 3 is 2.30 bits per heavy atom. The van der Waals surface area contributed by atoms with Crippen LogP contribution >= 0.6 is 11.6 Å². The van der Waals surface area contributed by atoms with Crippen molar-refractivity contribution in [1.82, 2.24) is 0 Å². The summed E-state index contributed by atoms with van der Waals surface area (Å²) >= 11 is 4.95. The summed E-state index contributed by atoms with van der Waals surface area (Å²) in [6, 6.07) is 0. The zero-order valence-corrected chi connectivity index (χ0v) is 6.44. The Morgan fingerprint density at radius 2 is 2.00 bits per heavy atom. The largest absolute Gasteiger partial charge is 0.466 e. The van der Waals surface area contributed by atoms with Gasteiger partial charge in [0.1, 0.15) is 0 Å². The molecule has 4 heteroatoms. The van der Waals surface area contributed by atoms with Crippen molar-refractivity contribution in [2.24, 2.45) is 0 Å². The summed E-state index contributed by atoms with van der Waals surface area (Å²) in [4.78, 5) is 20.7. The van der Waals surface area contributed by atoms with E-state index in [0.717, 1.165) is 6.08 Å². The number of carbonyl (C=O) groups excluding carboxylic acids is 2. The van der Waals surface area contributed by atoms with Crippen molar-refractivity contribution in [2.45, 2.75) is 6.92 Å². The first-order chi connectivity index (χ1) is 4.57. The van der Waals surface area contributed by atoms with Crippen molar-refractivity contribution in [2.75, 3.05) is 7.11 Å². The first kappa shape index (κ1) is 9.17. The average Bonchev–Trinajstić information content (AvgIpc) is 1.85. The van der Waals surface area contributed by atoms with Crippen LogP contribution in [0, 0.1) is 0 Å². The van der Waals surface area contributed by atoms with Crippen LogP contribution in [0.2, 0.25) is 0 Å². The zero-order valence-electron chi connectivity index (χ0n) is 5.68. The van der Waals surface area contributed by atoms with E-state index in [4.69, 9.17) is 11.6 Å². The van der Waals surface area contributed by atoms with Gasteiger partial charge in [0.2, 0.25) is 5.24 Å². The SMILES string of the molecule is COC(=O)/C(C)=C\C(=O)Cl. The molecule has 10 heavy (non-hydrogen) atoms. The normalized spacial score (nSPS) is 10.9. The van der Waals surface area contributed by atoms with Crippen LogP contribution in [0.5, 0.6) is 0 Å². The molecule has 0 radical (unpaired) electrons. The smallest absolute Gasteiger partial charge is 0.333 e. The molecule has 0 aromatic carbocycles. The van der Waals surface area contributed by atoms with Crippen LogP contribution in [-0.4, -0.2) is 18.3 Å². The highest BCUT2D eigenvalue weighted by Gasteiger charge is 2.03. The first-order valence-electron chi connectivity index (χ1n) is 2.54. The maximum Gasteiger partial charge on any atom is 0.333 e. The molecule has 0 amide bonds. The third-order valence-corrected chi connectivity index (χ3v) is 0.946. The quantitative estimate of drug-likeness (QED) is 0.344. The second-order valence-corrected chi connectivity index (χ2v) is 2.00. The molecule has 0 aliphatic rings. The highest BCUT2D eigenvalue weighted by atomic mass is 35.5. The summed E-state index contributed by atoms with van der Waals surface area (Å²) in [5.74, 6) is -0.547. The van der Waals surface area contributed by atoms with Gasteiger partial charge >= 0.3 is 5.97 Å². The van der Waals surface area contributed by atoms with Crippen molar-refractivity contribution in [3.63, 3.8) is 0 Å². The van der Waals surface area contributed by atoms with Crippen molar-refractivity contribution in [3.05, 3.63) is 11.6 Å². The summed E-state index contributed by atoms with van der Waals surface area (Å²) in [6.45, 7) is 1.45. The van der Waals surface area contributed by atoms with Gasteiger partial charge < -0.3 is 4.74 Å². The Labute approximate surface area is 63.6 Å². The molecule has 0 aliphatic heterocycles. The maximum atomic E-state index is 10.5. The first-order valence-corrected chi connectivity index (χ1v) is 2.91. The molecule has 56 valence electrons. The average molecular weight is 163 g/mol. The molecule has 3 nitrogen and oxygen atoms in total. The number of esters is 1. The monoisotopic (exact) mass is 162 g/mol. The topological polar surface area (TPSA) is 43.4 Å². The molecule has 0 aliphatic carbocycles. The number of ether oxygens (including phenoxy) is 1. The summed E-state index contributed by atoms with van der Waals surface area (Å²) < 4.78 is 4.29. The standard InChI is InChI=1S/C6H7ClO3/c1-4(3-5(7)8)6(9)10-2/h3H,1-2H3/b4-3-. The molecule has 0 N–H and O–H groups in total. The van der Waals surface area contributed by atoms with Crippen LogP contribution in [0.1, 0.15) is 6.92 Å². The molecule has 0 saturated carbocycles. The second kappa shape index (κ2) is 4.06. The number of allylic oxidation sites excluding steroid dienone is 1. The van der Waals surface area contributed by atoms with E-state index in [-0.39, 0.29) is 5.57 Å². The van der Waals surface area contributed by atoms with Crippen molar-refractivity contribution in [3.8, 4) is 0 Å². The van der Waals surface area contributed by atoms with E-state index >= 15 is 0 Å². The van der Waals surface area contributed by atoms with Crippen LogP contribution < -0.4 is 0 Å². The summed E-state index contributed by atoms with van der Waals surface area (Å²) in [6.07, 6.45) is 1.01. The molecular formula is C6H7ClO3. The van der Waals surface area contributed by atoms with Gasteiger partial charge in [-0.2, -0.15) is 0 Å². The fraction of sp³-hybridized carbons (Fsp3) is 0.333. The zero-order chi connectivity index (χ0) is 8.15. The Morgan fingerprint density at radius 1 is 1.50 bits per heavy atom. The number of carbonyl (C=O) groups is 2. The molecule has 0 atom stereocenters. The Hall–Kier alpha value is -0.830. The molecule has 0 aromatic heterocycles. The molecule has 0 spiro atoms. The van der Waals surface area contributed by atoms with Gasteiger partial charge in [0.05, 0.1) is 7.11 Å². The number of hydrogen-bond acceptors (Lipinski definition) is 3. The fourth-order valence-corrected chi connectivity index (χ4v) is 0.554. The van der Waals surface area contributed by atoms with Gasteiger partial charge in [-0.1, -0.05) is 0 Å². The van der Waals surface area contributed by atoms with E-state index in [2.05, 4.69) is 4.74 Å². The highest BCUT2D eigenvalue weighted by Crippen LogP contribution is 1.96. The number of rotatable bonds is 2. The number of hydrogen-bond donors (Lipinski definition) is 0. The highest BCUT2D eigenvalue weighted by molar-refractivity contribution is 6.66. The minimum Gasteiger partial charge on any atom is -0.466 e. The number of halogens is 1. The third-order valence-electron chi connectivity index (χ3n) is 0.837. The van der Waals surface area contributed by atoms with E-state index in [1.54, 1.807) is 0 Å². The van der Waals surface area contributed by atoms with Gasteiger partial charge in [0, 0.05) is 11.6 Å². The lowest BCUT2D eigenvalue weighted by Gasteiger charge is -1.94. The predicted octanol–water partition coefficient (Wildman–Crippen LogP) is 0.871. The molecule has 0 heterocycles. The van der Waals surface area contributed by atoms with E-state index < -0.39 is 11.2 Å². The van der Waals surface area contributed by atoms with Gasteiger partial charge in [0.15, 0.2) is 0 Å².